The summed E-state index contributed by atoms with van der Waals surface area (Å²) in [6.07, 6.45) is 2.97. The number of guanidine groups is 1. The fraction of sp³-hybridized carbons (Fsp3) is 0.667. The van der Waals surface area contributed by atoms with Crippen LogP contribution < -0.4 is 5.32 Å². The molecule has 4 rings (SSSR count). The van der Waals surface area contributed by atoms with Gasteiger partial charge in [-0.2, -0.15) is 0 Å². The minimum absolute atomic E-state index is 0.144. The molecule has 30 heavy (non-hydrogen) atoms. The van der Waals surface area contributed by atoms with Crippen LogP contribution in [0.5, 0.6) is 0 Å². The van der Waals surface area contributed by atoms with Gasteiger partial charge >= 0.3 is 0 Å². The van der Waals surface area contributed by atoms with Crippen LogP contribution in [0.3, 0.4) is 0 Å². The number of hydrogen-bond acceptors (Lipinski definition) is 3. The number of carbonyl (C=O) groups is 1. The van der Waals surface area contributed by atoms with E-state index in [9.17, 15) is 4.79 Å². The molecule has 2 atom stereocenters. The Morgan fingerprint density at radius 1 is 1.07 bits per heavy atom. The molecule has 1 amide bonds. The Balaban J connectivity index is 1.26. The molecule has 0 spiro atoms. The number of likely N-dealkylation sites (tertiary alicyclic amines) is 1. The summed E-state index contributed by atoms with van der Waals surface area (Å²) in [5, 5.41) is 3.67. The molecule has 1 aromatic rings. The van der Waals surface area contributed by atoms with E-state index in [0.717, 1.165) is 51.4 Å². The van der Waals surface area contributed by atoms with Crippen molar-refractivity contribution in [2.24, 2.45) is 10.9 Å². The molecule has 3 fully saturated rings. The first kappa shape index (κ1) is 21.2. The molecule has 1 saturated carbocycles. The molecule has 1 aliphatic carbocycles. The molecular weight excluding hydrogens is 376 g/mol. The van der Waals surface area contributed by atoms with Gasteiger partial charge in [0.15, 0.2) is 5.96 Å². The van der Waals surface area contributed by atoms with Crippen molar-refractivity contribution in [3.8, 4) is 0 Å². The molecule has 2 aliphatic heterocycles. The summed E-state index contributed by atoms with van der Waals surface area (Å²) in [4.78, 5) is 21.6. The zero-order chi connectivity index (χ0) is 21.1. The normalized spacial score (nSPS) is 25.5. The van der Waals surface area contributed by atoms with Gasteiger partial charge in [-0.15, -0.1) is 0 Å². The maximum atomic E-state index is 12.8. The van der Waals surface area contributed by atoms with Crippen molar-refractivity contribution in [3.05, 3.63) is 35.4 Å². The van der Waals surface area contributed by atoms with Crippen LogP contribution in [-0.4, -0.2) is 74.1 Å². The number of nitrogens with one attached hydrogen (secondary N) is 1. The Morgan fingerprint density at radius 3 is 2.33 bits per heavy atom. The minimum atomic E-state index is 0.144. The van der Waals surface area contributed by atoms with Crippen molar-refractivity contribution in [2.75, 3.05) is 46.4 Å². The van der Waals surface area contributed by atoms with Gasteiger partial charge < -0.3 is 19.9 Å². The maximum absolute atomic E-state index is 12.8. The molecule has 3 aliphatic rings. The highest BCUT2D eigenvalue weighted by molar-refractivity contribution is 5.82. The maximum Gasteiger partial charge on any atom is 0.225 e. The fourth-order valence-electron chi connectivity index (χ4n) is 4.69. The van der Waals surface area contributed by atoms with E-state index < -0.39 is 0 Å². The topological polar surface area (TPSA) is 57.2 Å². The van der Waals surface area contributed by atoms with E-state index in [4.69, 9.17) is 4.74 Å². The first-order valence-corrected chi connectivity index (χ1v) is 11.5. The minimum Gasteiger partial charge on any atom is -0.378 e. The van der Waals surface area contributed by atoms with Gasteiger partial charge in [-0.25, -0.2) is 0 Å². The molecule has 1 aromatic carbocycles. The highest BCUT2D eigenvalue weighted by atomic mass is 16.5. The Morgan fingerprint density at radius 2 is 1.73 bits per heavy atom. The number of carbonyl (C=O) groups excluding carboxylic acids is 1. The van der Waals surface area contributed by atoms with E-state index in [1.807, 2.05) is 11.9 Å². The predicted octanol–water partition coefficient (Wildman–Crippen LogP) is 2.81. The van der Waals surface area contributed by atoms with Crippen LogP contribution in [0, 0.1) is 5.92 Å². The van der Waals surface area contributed by atoms with Crippen LogP contribution in [0.4, 0.5) is 0 Å². The van der Waals surface area contributed by atoms with Crippen molar-refractivity contribution in [2.45, 2.75) is 51.0 Å². The number of morpholine rings is 1. The van der Waals surface area contributed by atoms with Crippen molar-refractivity contribution < 1.29 is 9.53 Å². The number of rotatable bonds is 4. The Labute approximate surface area is 180 Å². The zero-order valence-electron chi connectivity index (χ0n) is 18.6. The molecule has 2 unspecified atom stereocenters. The summed E-state index contributed by atoms with van der Waals surface area (Å²) >= 11 is 0. The quantitative estimate of drug-likeness (QED) is 0.610. The number of piperidine rings is 1. The van der Waals surface area contributed by atoms with E-state index in [1.54, 1.807) is 0 Å². The van der Waals surface area contributed by atoms with E-state index >= 15 is 0 Å². The average molecular weight is 413 g/mol. The molecule has 2 saturated heterocycles. The second-order valence-electron chi connectivity index (χ2n) is 9.16. The van der Waals surface area contributed by atoms with Crippen LogP contribution in [0.2, 0.25) is 0 Å². The van der Waals surface area contributed by atoms with Gasteiger partial charge in [0.25, 0.3) is 0 Å². The van der Waals surface area contributed by atoms with Gasteiger partial charge in [0.2, 0.25) is 5.91 Å². The van der Waals surface area contributed by atoms with Gasteiger partial charge in [0.1, 0.15) is 0 Å². The second kappa shape index (κ2) is 9.38. The smallest absolute Gasteiger partial charge is 0.225 e. The fourth-order valence-corrected chi connectivity index (χ4v) is 4.69. The van der Waals surface area contributed by atoms with Crippen LogP contribution in [0.15, 0.2) is 29.3 Å². The Bertz CT molecular complexity index is 747. The number of ether oxygens (including phenoxy) is 1. The highest BCUT2D eigenvalue weighted by Gasteiger charge is 2.40. The van der Waals surface area contributed by atoms with Crippen LogP contribution in [0.25, 0.3) is 0 Å². The molecule has 2 heterocycles. The first-order valence-electron chi connectivity index (χ1n) is 11.5. The third-order valence-corrected chi connectivity index (χ3v) is 6.81. The molecule has 0 radical (unpaired) electrons. The Kier molecular flexibility index (Phi) is 6.61. The summed E-state index contributed by atoms with van der Waals surface area (Å²) in [5.41, 5.74) is 2.82. The van der Waals surface area contributed by atoms with Gasteiger partial charge in [0.05, 0.1) is 13.2 Å². The zero-order valence-corrected chi connectivity index (χ0v) is 18.6. The van der Waals surface area contributed by atoms with Gasteiger partial charge in [-0.1, -0.05) is 38.1 Å². The molecule has 0 bridgehead atoms. The first-order chi connectivity index (χ1) is 14.6. The second-order valence-corrected chi connectivity index (χ2v) is 9.16. The summed E-state index contributed by atoms with van der Waals surface area (Å²) in [6.45, 7) is 9.07. The highest BCUT2D eigenvalue weighted by Crippen LogP contribution is 2.41. The number of aliphatic imine (C=N–C) groups is 1. The molecule has 0 aromatic heterocycles. The third-order valence-electron chi connectivity index (χ3n) is 6.81. The summed E-state index contributed by atoms with van der Waals surface area (Å²) in [5.74, 6) is 2.59. The molecule has 6 nitrogen and oxygen atoms in total. The van der Waals surface area contributed by atoms with Crippen LogP contribution in [-0.2, 0) is 9.53 Å². The van der Waals surface area contributed by atoms with E-state index in [1.165, 1.54) is 11.1 Å². The van der Waals surface area contributed by atoms with Crippen molar-refractivity contribution in [3.63, 3.8) is 0 Å². The summed E-state index contributed by atoms with van der Waals surface area (Å²) < 4.78 is 5.37. The van der Waals surface area contributed by atoms with Crippen molar-refractivity contribution in [1.29, 1.82) is 0 Å². The molecule has 6 heteroatoms. The van der Waals surface area contributed by atoms with Crippen LogP contribution in [0.1, 0.15) is 56.1 Å². The number of benzene rings is 1. The van der Waals surface area contributed by atoms with Crippen molar-refractivity contribution >= 4 is 11.9 Å². The van der Waals surface area contributed by atoms with Gasteiger partial charge in [-0.3, -0.25) is 9.79 Å². The number of nitrogens with zero attached hydrogens (tertiary/aromatic N) is 3. The summed E-state index contributed by atoms with van der Waals surface area (Å²) in [6, 6.07) is 9.56. The molecular formula is C24H36N4O2. The Hall–Kier alpha value is -2.08. The van der Waals surface area contributed by atoms with E-state index in [-0.39, 0.29) is 5.92 Å². The standard InChI is InChI=1S/C24H36N4O2/c1-17(2)18-4-6-19(7-5-18)21-16-22(21)26-24(25-3)28-10-8-20(9-11-28)23(29)27-12-14-30-15-13-27/h4-7,17,20-22H,8-16H2,1-3H3,(H,25,26). The van der Waals surface area contributed by atoms with Gasteiger partial charge in [-0.05, 0) is 36.3 Å². The lowest BCUT2D eigenvalue weighted by Crippen LogP contribution is -2.50. The van der Waals surface area contributed by atoms with Crippen molar-refractivity contribution in [1.82, 2.24) is 15.1 Å². The van der Waals surface area contributed by atoms with E-state index in [0.29, 0.717) is 37.0 Å². The van der Waals surface area contributed by atoms with Gasteiger partial charge in [0, 0.05) is 51.1 Å². The van der Waals surface area contributed by atoms with E-state index in [2.05, 4.69) is 53.3 Å². The lowest BCUT2D eigenvalue weighted by atomic mass is 9.95. The SMILES string of the molecule is CN=C(NC1CC1c1ccc(C(C)C)cc1)N1CCC(C(=O)N2CCOCC2)CC1. The summed E-state index contributed by atoms with van der Waals surface area (Å²) in [7, 11) is 1.86. The van der Waals surface area contributed by atoms with Crippen LogP contribution >= 0.6 is 0 Å². The lowest BCUT2D eigenvalue weighted by Gasteiger charge is -2.36. The lowest BCUT2D eigenvalue weighted by molar-refractivity contribution is -0.140. The number of amides is 1. The monoisotopic (exact) mass is 412 g/mol. The predicted molar refractivity (Wildman–Crippen MR) is 120 cm³/mol. The average Bonchev–Trinajstić information content (AvgIpc) is 3.57. The number of hydrogen-bond donors (Lipinski definition) is 1. The molecule has 1 N–H and O–H groups in total. The molecule has 164 valence electrons. The largest absolute Gasteiger partial charge is 0.378 e. The third kappa shape index (κ3) is 4.80.